The lowest BCUT2D eigenvalue weighted by Crippen LogP contribution is -2.35. The smallest absolute Gasteiger partial charge is 0.295 e. The van der Waals surface area contributed by atoms with Gasteiger partial charge >= 0.3 is 0 Å². The van der Waals surface area contributed by atoms with Gasteiger partial charge in [-0.25, -0.2) is 0 Å². The van der Waals surface area contributed by atoms with Gasteiger partial charge in [-0.05, 0) is 60.8 Å². The summed E-state index contributed by atoms with van der Waals surface area (Å²) in [6.07, 6.45) is 0. The Bertz CT molecular complexity index is 1320. The minimum absolute atomic E-state index is 0.0232. The number of carbonyl (C=O) groups excluding carboxylic acids is 2. The third-order valence-corrected chi connectivity index (χ3v) is 6.65. The van der Waals surface area contributed by atoms with Crippen LogP contribution in [0.3, 0.4) is 0 Å². The van der Waals surface area contributed by atoms with Gasteiger partial charge in [-0.1, -0.05) is 47.5 Å². The number of amides is 1. The summed E-state index contributed by atoms with van der Waals surface area (Å²) in [5.74, 6) is -0.915. The van der Waals surface area contributed by atoms with Gasteiger partial charge in [0.15, 0.2) is 0 Å². The first kappa shape index (κ1) is 24.1. The van der Waals surface area contributed by atoms with Gasteiger partial charge in [-0.2, -0.15) is 0 Å². The summed E-state index contributed by atoms with van der Waals surface area (Å²) >= 11 is 12.4. The summed E-state index contributed by atoms with van der Waals surface area (Å²) in [5.41, 5.74) is 1.06. The van der Waals surface area contributed by atoms with Crippen LogP contribution in [-0.2, 0) is 9.59 Å². The van der Waals surface area contributed by atoms with Crippen LogP contribution in [0.25, 0.3) is 16.5 Å². The molecule has 3 aromatic rings. The van der Waals surface area contributed by atoms with Crippen LogP contribution in [0, 0.1) is 0 Å². The molecule has 4 rings (SSSR count). The molecule has 0 aliphatic carbocycles. The molecule has 1 amide bonds. The zero-order valence-electron chi connectivity index (χ0n) is 19.0. The first-order chi connectivity index (χ1) is 16.2. The van der Waals surface area contributed by atoms with E-state index in [0.717, 1.165) is 16.5 Å². The number of aliphatic hydroxyl groups excluding tert-OH is 1. The number of nitrogens with zero attached hydrogens (tertiary/aromatic N) is 2. The molecule has 0 saturated carbocycles. The van der Waals surface area contributed by atoms with E-state index in [2.05, 4.69) is 0 Å². The van der Waals surface area contributed by atoms with Crippen LogP contribution in [0.1, 0.15) is 17.2 Å². The summed E-state index contributed by atoms with van der Waals surface area (Å²) in [5, 5.41) is 13.7. The summed E-state index contributed by atoms with van der Waals surface area (Å²) in [6, 6.07) is 15.1. The number of methoxy groups -OCH3 is 1. The number of halogens is 2. The highest BCUT2D eigenvalue weighted by Crippen LogP contribution is 2.41. The monoisotopic (exact) mass is 498 g/mol. The Morgan fingerprint density at radius 3 is 2.38 bits per heavy atom. The molecular formula is C26H24Cl2N2O4. The molecule has 1 heterocycles. The minimum atomic E-state index is -0.790. The van der Waals surface area contributed by atoms with E-state index in [1.807, 2.05) is 43.3 Å². The van der Waals surface area contributed by atoms with Gasteiger partial charge in [0.25, 0.3) is 11.7 Å². The molecule has 1 aliphatic rings. The second kappa shape index (κ2) is 9.66. The number of rotatable bonds is 6. The minimum Gasteiger partial charge on any atom is -0.507 e. The van der Waals surface area contributed by atoms with Crippen molar-refractivity contribution in [2.75, 3.05) is 34.3 Å². The molecule has 0 spiro atoms. The van der Waals surface area contributed by atoms with E-state index >= 15 is 0 Å². The molecule has 6 nitrogen and oxygen atoms in total. The van der Waals surface area contributed by atoms with Crippen LogP contribution in [0.4, 0.5) is 0 Å². The Hall–Kier alpha value is -3.06. The van der Waals surface area contributed by atoms with Crippen molar-refractivity contribution >= 4 is 51.4 Å². The highest BCUT2D eigenvalue weighted by molar-refractivity contribution is 6.47. The number of hydrogen-bond acceptors (Lipinski definition) is 5. The molecule has 1 fully saturated rings. The predicted octanol–water partition coefficient (Wildman–Crippen LogP) is 5.14. The Labute approximate surface area is 207 Å². The Kier molecular flexibility index (Phi) is 6.84. The average Bonchev–Trinajstić information content (AvgIpc) is 3.08. The molecule has 1 aliphatic heterocycles. The number of benzene rings is 3. The van der Waals surface area contributed by atoms with Crippen LogP contribution in [0.2, 0.25) is 10.0 Å². The van der Waals surface area contributed by atoms with Crippen molar-refractivity contribution in [3.8, 4) is 5.75 Å². The molecule has 0 radical (unpaired) electrons. The second-order valence-corrected chi connectivity index (χ2v) is 9.21. The lowest BCUT2D eigenvalue weighted by atomic mass is 9.94. The zero-order valence-corrected chi connectivity index (χ0v) is 20.5. The van der Waals surface area contributed by atoms with Crippen molar-refractivity contribution in [3.63, 3.8) is 0 Å². The number of aliphatic hydroxyl groups is 1. The van der Waals surface area contributed by atoms with Crippen LogP contribution in [-0.4, -0.2) is 60.9 Å². The fourth-order valence-corrected chi connectivity index (χ4v) is 4.41. The molecule has 34 heavy (non-hydrogen) atoms. The Morgan fingerprint density at radius 1 is 1.00 bits per heavy atom. The van der Waals surface area contributed by atoms with E-state index < -0.39 is 17.7 Å². The third-order valence-electron chi connectivity index (χ3n) is 5.91. The van der Waals surface area contributed by atoms with E-state index in [0.29, 0.717) is 34.3 Å². The lowest BCUT2D eigenvalue weighted by molar-refractivity contribution is -0.140. The fourth-order valence-electron chi connectivity index (χ4n) is 4.10. The highest BCUT2D eigenvalue weighted by atomic mass is 35.5. The number of ether oxygens (including phenoxy) is 1. The first-order valence-electron chi connectivity index (χ1n) is 10.7. The maximum absolute atomic E-state index is 13.2. The van der Waals surface area contributed by atoms with Crippen LogP contribution < -0.4 is 4.74 Å². The summed E-state index contributed by atoms with van der Waals surface area (Å²) in [6.45, 7) is 0.847. The Balaban J connectivity index is 1.86. The molecule has 1 atom stereocenters. The van der Waals surface area contributed by atoms with Crippen LogP contribution >= 0.6 is 23.2 Å². The molecule has 1 unspecified atom stereocenters. The van der Waals surface area contributed by atoms with Gasteiger partial charge in [0, 0.05) is 18.7 Å². The number of ketones is 1. The van der Waals surface area contributed by atoms with Crippen molar-refractivity contribution in [1.82, 2.24) is 9.80 Å². The molecule has 1 saturated heterocycles. The van der Waals surface area contributed by atoms with Crippen molar-refractivity contribution in [3.05, 3.63) is 81.3 Å². The zero-order chi connectivity index (χ0) is 24.6. The van der Waals surface area contributed by atoms with Crippen LogP contribution in [0.15, 0.2) is 60.2 Å². The standard InChI is InChI=1S/C26H24Cl2N2O4/c1-29(2)10-11-30-23(17-7-9-20(27)21(28)14-17)22(25(32)26(30)33)24(31)18-5-4-16-13-19(34-3)8-6-15(16)12-18/h4-9,12-14,23,31H,10-11H2,1-3H3/b24-22+. The van der Waals surface area contributed by atoms with E-state index in [4.69, 9.17) is 27.9 Å². The van der Waals surface area contributed by atoms with Crippen molar-refractivity contribution in [1.29, 1.82) is 0 Å². The number of fused-ring (bicyclic) bond motifs is 1. The average molecular weight is 499 g/mol. The van der Waals surface area contributed by atoms with Gasteiger partial charge in [-0.15, -0.1) is 0 Å². The molecule has 176 valence electrons. The number of likely N-dealkylation sites (tertiary alicyclic amines) is 1. The van der Waals surface area contributed by atoms with E-state index in [1.165, 1.54) is 4.90 Å². The number of carbonyl (C=O) groups is 2. The molecule has 1 N–H and O–H groups in total. The van der Waals surface area contributed by atoms with Crippen molar-refractivity contribution in [2.24, 2.45) is 0 Å². The van der Waals surface area contributed by atoms with E-state index in [9.17, 15) is 14.7 Å². The number of Topliss-reactive ketones (excluding diaryl/α,β-unsaturated/α-hetero) is 1. The van der Waals surface area contributed by atoms with Crippen molar-refractivity contribution in [2.45, 2.75) is 6.04 Å². The summed E-state index contributed by atoms with van der Waals surface area (Å²) < 4.78 is 5.27. The summed E-state index contributed by atoms with van der Waals surface area (Å²) in [4.78, 5) is 29.6. The highest BCUT2D eigenvalue weighted by Gasteiger charge is 2.46. The first-order valence-corrected chi connectivity index (χ1v) is 11.4. The Morgan fingerprint density at radius 2 is 1.71 bits per heavy atom. The SMILES string of the molecule is COc1ccc2cc(/C(O)=C3\C(=O)C(=O)N(CCN(C)C)C3c3ccc(Cl)c(Cl)c3)ccc2c1. The van der Waals surface area contributed by atoms with E-state index in [-0.39, 0.29) is 11.3 Å². The van der Waals surface area contributed by atoms with Gasteiger partial charge in [-0.3, -0.25) is 9.59 Å². The van der Waals surface area contributed by atoms with Gasteiger partial charge in [0.05, 0.1) is 28.8 Å². The second-order valence-electron chi connectivity index (χ2n) is 8.40. The largest absolute Gasteiger partial charge is 0.507 e. The predicted molar refractivity (Wildman–Crippen MR) is 135 cm³/mol. The van der Waals surface area contributed by atoms with Gasteiger partial charge in [0.2, 0.25) is 0 Å². The van der Waals surface area contributed by atoms with Crippen LogP contribution in [0.5, 0.6) is 5.75 Å². The van der Waals surface area contributed by atoms with E-state index in [1.54, 1.807) is 37.4 Å². The quantitative estimate of drug-likeness (QED) is 0.289. The fraction of sp³-hybridized carbons (Fsp3) is 0.231. The maximum atomic E-state index is 13.2. The lowest BCUT2D eigenvalue weighted by Gasteiger charge is -2.26. The number of likely N-dealkylation sites (N-methyl/N-ethyl adjacent to an activating group) is 1. The number of hydrogen-bond donors (Lipinski definition) is 1. The third kappa shape index (κ3) is 4.49. The molecular weight excluding hydrogens is 475 g/mol. The summed E-state index contributed by atoms with van der Waals surface area (Å²) in [7, 11) is 5.36. The molecule has 3 aromatic carbocycles. The molecule has 0 aromatic heterocycles. The van der Waals surface area contributed by atoms with Gasteiger partial charge in [0.1, 0.15) is 11.5 Å². The molecule has 8 heteroatoms. The maximum Gasteiger partial charge on any atom is 0.295 e. The molecule has 0 bridgehead atoms. The van der Waals surface area contributed by atoms with Crippen molar-refractivity contribution < 1.29 is 19.4 Å². The van der Waals surface area contributed by atoms with Gasteiger partial charge < -0.3 is 19.6 Å². The topological polar surface area (TPSA) is 70.1 Å². The normalized spacial score (nSPS) is 17.7.